The van der Waals surface area contributed by atoms with Crippen LogP contribution < -0.4 is 5.32 Å². The van der Waals surface area contributed by atoms with Gasteiger partial charge in [-0.2, -0.15) is 0 Å². The number of amides is 1. The first-order valence-electron chi connectivity index (χ1n) is 6.37. The van der Waals surface area contributed by atoms with E-state index in [0.29, 0.717) is 18.1 Å². The van der Waals surface area contributed by atoms with Crippen molar-refractivity contribution >= 4 is 22.8 Å². The van der Waals surface area contributed by atoms with E-state index in [-0.39, 0.29) is 11.7 Å². The monoisotopic (exact) mass is 283 g/mol. The van der Waals surface area contributed by atoms with Gasteiger partial charge in [-0.05, 0) is 22.4 Å². The van der Waals surface area contributed by atoms with Crippen molar-refractivity contribution in [1.29, 1.82) is 0 Å². The van der Waals surface area contributed by atoms with Crippen LogP contribution >= 0.6 is 0 Å². The third kappa shape index (κ3) is 2.29. The maximum atomic E-state index is 11.2. The molecule has 1 amide bonds. The van der Waals surface area contributed by atoms with Gasteiger partial charge in [0.1, 0.15) is 0 Å². The van der Waals surface area contributed by atoms with Crippen molar-refractivity contribution in [3.05, 3.63) is 36.9 Å². The highest BCUT2D eigenvalue weighted by atomic mass is 16.6. The first-order valence-corrected chi connectivity index (χ1v) is 6.37. The number of fused-ring (bicyclic) bond motifs is 1. The minimum absolute atomic E-state index is 0.252. The van der Waals surface area contributed by atoms with Crippen molar-refractivity contribution in [2.75, 3.05) is 5.32 Å². The van der Waals surface area contributed by atoms with Gasteiger partial charge in [0, 0.05) is 13.5 Å². The predicted molar refractivity (Wildman–Crippen MR) is 77.5 cm³/mol. The zero-order valence-corrected chi connectivity index (χ0v) is 11.4. The van der Waals surface area contributed by atoms with Gasteiger partial charge in [0.15, 0.2) is 11.5 Å². The highest BCUT2D eigenvalue weighted by Crippen LogP contribution is 2.27. The fourth-order valence-electron chi connectivity index (χ4n) is 2.15. The van der Waals surface area contributed by atoms with Crippen molar-refractivity contribution in [3.8, 4) is 11.5 Å². The summed E-state index contributed by atoms with van der Waals surface area (Å²) in [6, 6.07) is 7.71. The molecule has 1 aromatic carbocycles. The molecule has 7 heteroatoms. The summed E-state index contributed by atoms with van der Waals surface area (Å²) >= 11 is 0. The van der Waals surface area contributed by atoms with Gasteiger partial charge >= 0.3 is 0 Å². The van der Waals surface area contributed by atoms with Crippen molar-refractivity contribution in [2.45, 2.75) is 13.5 Å². The largest absolute Gasteiger partial charge is 0.319 e. The predicted octanol–water partition coefficient (Wildman–Crippen LogP) is 2.23. The normalized spacial score (nSPS) is 10.7. The number of carbonyl (C=O) groups excluding carboxylic acids is 1. The number of para-hydroxylation sites is 2. The molecule has 0 spiro atoms. The number of anilines is 1. The van der Waals surface area contributed by atoms with Crippen LogP contribution in [0, 0.1) is 0 Å². The summed E-state index contributed by atoms with van der Waals surface area (Å²) < 4.78 is 6.67. The molecular weight excluding hydrogens is 270 g/mol. The molecule has 0 aliphatic carbocycles. The van der Waals surface area contributed by atoms with E-state index in [9.17, 15) is 4.79 Å². The lowest BCUT2D eigenvalue weighted by Crippen LogP contribution is -2.08. The van der Waals surface area contributed by atoms with Crippen LogP contribution in [-0.2, 0) is 11.3 Å². The standard InChI is InChI=1S/C14H13N5O2/c1-3-8-19-11-7-5-4-6-10(11)16-14(19)12-13(15-9(2)20)18-21-17-12/h3-7H,1,8H2,2H3,(H,15,18,20). The van der Waals surface area contributed by atoms with E-state index in [4.69, 9.17) is 4.63 Å². The van der Waals surface area contributed by atoms with E-state index >= 15 is 0 Å². The number of nitrogens with one attached hydrogen (secondary N) is 1. The molecule has 3 rings (SSSR count). The number of hydrogen-bond acceptors (Lipinski definition) is 5. The Labute approximate surface area is 120 Å². The Morgan fingerprint density at radius 3 is 3.00 bits per heavy atom. The van der Waals surface area contributed by atoms with Crippen molar-refractivity contribution in [2.24, 2.45) is 0 Å². The third-order valence-corrected chi connectivity index (χ3v) is 2.96. The number of carbonyl (C=O) groups is 1. The molecule has 2 heterocycles. The zero-order valence-electron chi connectivity index (χ0n) is 11.4. The topological polar surface area (TPSA) is 85.8 Å². The van der Waals surface area contributed by atoms with Gasteiger partial charge in [-0.1, -0.05) is 18.2 Å². The SMILES string of the molecule is C=CCn1c(-c2nonc2NC(C)=O)nc2ccccc21. The van der Waals surface area contributed by atoms with Crippen molar-refractivity contribution < 1.29 is 9.42 Å². The Morgan fingerprint density at radius 1 is 1.43 bits per heavy atom. The zero-order chi connectivity index (χ0) is 14.8. The van der Waals surface area contributed by atoms with E-state index in [1.807, 2.05) is 28.8 Å². The smallest absolute Gasteiger partial charge is 0.222 e. The van der Waals surface area contributed by atoms with Gasteiger partial charge in [0.25, 0.3) is 0 Å². The van der Waals surface area contributed by atoms with Crippen molar-refractivity contribution in [1.82, 2.24) is 19.9 Å². The van der Waals surface area contributed by atoms with Crippen LogP contribution in [0.3, 0.4) is 0 Å². The molecule has 0 saturated carbocycles. The summed E-state index contributed by atoms with van der Waals surface area (Å²) in [4.78, 5) is 15.8. The van der Waals surface area contributed by atoms with E-state index in [1.165, 1.54) is 6.92 Å². The number of hydrogen-bond donors (Lipinski definition) is 1. The molecule has 0 bridgehead atoms. The number of allylic oxidation sites excluding steroid dienone is 1. The fraction of sp³-hybridized carbons (Fsp3) is 0.143. The second-order valence-corrected chi connectivity index (χ2v) is 4.47. The highest BCUT2D eigenvalue weighted by molar-refractivity contribution is 5.91. The summed E-state index contributed by atoms with van der Waals surface area (Å²) in [5, 5.41) is 10.1. The van der Waals surface area contributed by atoms with E-state index < -0.39 is 0 Å². The Morgan fingerprint density at radius 2 is 2.24 bits per heavy atom. The fourth-order valence-corrected chi connectivity index (χ4v) is 2.15. The third-order valence-electron chi connectivity index (χ3n) is 2.96. The minimum atomic E-state index is -0.252. The second kappa shape index (κ2) is 5.20. The van der Waals surface area contributed by atoms with Crippen LogP contribution in [0.1, 0.15) is 6.92 Å². The molecule has 0 atom stereocenters. The quantitative estimate of drug-likeness (QED) is 0.742. The highest BCUT2D eigenvalue weighted by Gasteiger charge is 2.20. The maximum Gasteiger partial charge on any atom is 0.222 e. The molecule has 0 unspecified atom stereocenters. The first kappa shape index (κ1) is 13.0. The van der Waals surface area contributed by atoms with Gasteiger partial charge in [-0.25, -0.2) is 9.61 Å². The van der Waals surface area contributed by atoms with E-state index in [1.54, 1.807) is 6.08 Å². The van der Waals surface area contributed by atoms with Gasteiger partial charge in [-0.3, -0.25) is 4.79 Å². The average molecular weight is 283 g/mol. The lowest BCUT2D eigenvalue weighted by Gasteiger charge is -2.04. The average Bonchev–Trinajstić information content (AvgIpc) is 3.03. The number of nitrogens with zero attached hydrogens (tertiary/aromatic N) is 4. The molecule has 0 radical (unpaired) electrons. The number of rotatable bonds is 4. The molecule has 7 nitrogen and oxygen atoms in total. The second-order valence-electron chi connectivity index (χ2n) is 4.47. The molecule has 0 aliphatic heterocycles. The van der Waals surface area contributed by atoms with E-state index in [2.05, 4.69) is 27.2 Å². The summed E-state index contributed by atoms with van der Waals surface area (Å²) in [6.07, 6.45) is 1.77. The molecular formula is C14H13N5O2. The summed E-state index contributed by atoms with van der Waals surface area (Å²) in [7, 11) is 0. The van der Waals surface area contributed by atoms with Crippen LogP contribution in [0.4, 0.5) is 5.82 Å². The summed E-state index contributed by atoms with van der Waals surface area (Å²) in [6.45, 7) is 5.71. The van der Waals surface area contributed by atoms with Gasteiger partial charge in [-0.15, -0.1) is 6.58 Å². The van der Waals surface area contributed by atoms with Crippen LogP contribution in [0.5, 0.6) is 0 Å². The van der Waals surface area contributed by atoms with E-state index in [0.717, 1.165) is 11.0 Å². The van der Waals surface area contributed by atoms with Crippen LogP contribution in [0.2, 0.25) is 0 Å². The number of benzene rings is 1. The van der Waals surface area contributed by atoms with Gasteiger partial charge in [0.05, 0.1) is 11.0 Å². The Kier molecular flexibility index (Phi) is 3.23. The molecule has 0 aliphatic rings. The molecule has 0 saturated heterocycles. The lowest BCUT2D eigenvalue weighted by atomic mass is 10.3. The lowest BCUT2D eigenvalue weighted by molar-refractivity contribution is -0.114. The molecule has 21 heavy (non-hydrogen) atoms. The van der Waals surface area contributed by atoms with Gasteiger partial charge in [0.2, 0.25) is 11.7 Å². The maximum absolute atomic E-state index is 11.2. The molecule has 2 aromatic heterocycles. The van der Waals surface area contributed by atoms with Crippen LogP contribution in [-0.4, -0.2) is 25.8 Å². The first-order chi connectivity index (χ1) is 10.2. The molecule has 0 fully saturated rings. The summed E-state index contributed by atoms with van der Waals surface area (Å²) in [5.74, 6) is 0.572. The summed E-state index contributed by atoms with van der Waals surface area (Å²) in [5.41, 5.74) is 2.17. The van der Waals surface area contributed by atoms with Crippen LogP contribution in [0.15, 0.2) is 41.5 Å². The van der Waals surface area contributed by atoms with Crippen molar-refractivity contribution in [3.63, 3.8) is 0 Å². The van der Waals surface area contributed by atoms with Crippen LogP contribution in [0.25, 0.3) is 22.6 Å². The number of aromatic nitrogens is 4. The van der Waals surface area contributed by atoms with Gasteiger partial charge < -0.3 is 9.88 Å². The molecule has 106 valence electrons. The number of imidazole rings is 1. The molecule has 1 N–H and O–H groups in total. The minimum Gasteiger partial charge on any atom is -0.319 e. The Balaban J connectivity index is 2.20. The Bertz CT molecular complexity index is 818. The molecule has 3 aromatic rings. The Hall–Kier alpha value is -2.96.